The zero-order valence-electron chi connectivity index (χ0n) is 8.45. The number of carbonyl (C=O) groups is 2. The van der Waals surface area contributed by atoms with E-state index in [1.165, 1.54) is 0 Å². The van der Waals surface area contributed by atoms with Crippen LogP contribution >= 0.6 is 0 Å². The maximum atomic E-state index is 10.8. The van der Waals surface area contributed by atoms with Crippen molar-refractivity contribution in [3.8, 4) is 0 Å². The molecule has 0 bridgehead atoms. The summed E-state index contributed by atoms with van der Waals surface area (Å²) in [7, 11) is 1.84. The molecule has 5 nitrogen and oxygen atoms in total. The molecule has 0 saturated heterocycles. The quantitative estimate of drug-likeness (QED) is 0.318. The normalized spacial score (nSPS) is 9.79. The number of likely N-dealkylation sites (N-methyl/N-ethyl adjacent to an activating group) is 1. The first-order valence-electron chi connectivity index (χ1n) is 4.63. The summed E-state index contributed by atoms with van der Waals surface area (Å²) in [6, 6.07) is 0. The van der Waals surface area contributed by atoms with Gasteiger partial charge in [-0.15, -0.1) is 0 Å². The standard InChI is InChI=1S/C9H17NO4/c1-10-4-6-13-7-8-14-9(12)3-2-5-11/h5,10H,2-4,6-8H2,1H3. The van der Waals surface area contributed by atoms with Crippen LogP contribution in [-0.2, 0) is 19.1 Å². The van der Waals surface area contributed by atoms with Gasteiger partial charge in [0.1, 0.15) is 12.9 Å². The van der Waals surface area contributed by atoms with Crippen LogP contribution in [0.3, 0.4) is 0 Å². The van der Waals surface area contributed by atoms with Gasteiger partial charge in [-0.25, -0.2) is 0 Å². The second kappa shape index (κ2) is 10.1. The van der Waals surface area contributed by atoms with Crippen molar-refractivity contribution in [3.05, 3.63) is 0 Å². The Morgan fingerprint density at radius 3 is 2.79 bits per heavy atom. The molecule has 5 heteroatoms. The van der Waals surface area contributed by atoms with Crippen LogP contribution in [-0.4, -0.2) is 45.7 Å². The Bertz CT molecular complexity index is 161. The number of nitrogens with one attached hydrogen (secondary N) is 1. The second-order valence-corrected chi connectivity index (χ2v) is 2.64. The molecule has 1 N–H and O–H groups in total. The average Bonchev–Trinajstić information content (AvgIpc) is 2.20. The molecule has 82 valence electrons. The van der Waals surface area contributed by atoms with Gasteiger partial charge in [-0.1, -0.05) is 0 Å². The van der Waals surface area contributed by atoms with E-state index in [1.807, 2.05) is 7.05 Å². The number of rotatable bonds is 9. The first-order valence-corrected chi connectivity index (χ1v) is 4.63. The Labute approximate surface area is 83.8 Å². The average molecular weight is 203 g/mol. The molecule has 0 aromatic rings. The van der Waals surface area contributed by atoms with E-state index in [9.17, 15) is 9.59 Å². The summed E-state index contributed by atoms with van der Waals surface area (Å²) in [5, 5.41) is 2.92. The van der Waals surface area contributed by atoms with Crippen molar-refractivity contribution in [3.63, 3.8) is 0 Å². The fraction of sp³-hybridized carbons (Fsp3) is 0.778. The molecule has 0 aromatic carbocycles. The fourth-order valence-electron chi connectivity index (χ4n) is 0.740. The SMILES string of the molecule is CNCCOCCOC(=O)CCC=O. The smallest absolute Gasteiger partial charge is 0.306 e. The van der Waals surface area contributed by atoms with E-state index in [2.05, 4.69) is 5.32 Å². The Morgan fingerprint density at radius 2 is 2.14 bits per heavy atom. The van der Waals surface area contributed by atoms with Crippen molar-refractivity contribution in [2.75, 3.05) is 33.4 Å². The van der Waals surface area contributed by atoms with E-state index in [-0.39, 0.29) is 25.4 Å². The van der Waals surface area contributed by atoms with Crippen molar-refractivity contribution in [1.29, 1.82) is 0 Å². The maximum absolute atomic E-state index is 10.8. The minimum Gasteiger partial charge on any atom is -0.463 e. The van der Waals surface area contributed by atoms with Crippen LogP contribution in [0.15, 0.2) is 0 Å². The van der Waals surface area contributed by atoms with Crippen LogP contribution in [0.25, 0.3) is 0 Å². The Kier molecular flexibility index (Phi) is 9.46. The first-order chi connectivity index (χ1) is 6.81. The van der Waals surface area contributed by atoms with Crippen molar-refractivity contribution in [2.24, 2.45) is 0 Å². The number of aldehydes is 1. The zero-order valence-corrected chi connectivity index (χ0v) is 8.45. The van der Waals surface area contributed by atoms with Gasteiger partial charge < -0.3 is 19.6 Å². The topological polar surface area (TPSA) is 64.6 Å². The minimum atomic E-state index is -0.352. The molecule has 0 unspecified atom stereocenters. The summed E-state index contributed by atoms with van der Waals surface area (Å²) in [6.07, 6.45) is 1.07. The summed E-state index contributed by atoms with van der Waals surface area (Å²) >= 11 is 0. The number of hydrogen-bond donors (Lipinski definition) is 1. The van der Waals surface area contributed by atoms with Gasteiger partial charge in [0.25, 0.3) is 0 Å². The first kappa shape index (κ1) is 13.1. The van der Waals surface area contributed by atoms with E-state index in [0.29, 0.717) is 19.5 Å². The summed E-state index contributed by atoms with van der Waals surface area (Å²) < 4.78 is 9.90. The number of esters is 1. The van der Waals surface area contributed by atoms with Crippen LogP contribution < -0.4 is 5.32 Å². The lowest BCUT2D eigenvalue weighted by atomic mass is 10.3. The molecule has 0 aliphatic carbocycles. The zero-order chi connectivity index (χ0) is 10.6. The molecule has 0 atom stereocenters. The molecule has 0 heterocycles. The highest BCUT2D eigenvalue weighted by Crippen LogP contribution is 1.89. The van der Waals surface area contributed by atoms with E-state index >= 15 is 0 Å². The van der Waals surface area contributed by atoms with Crippen LogP contribution in [0.4, 0.5) is 0 Å². The summed E-state index contributed by atoms with van der Waals surface area (Å²) in [6.45, 7) is 2.03. The number of ether oxygens (including phenoxy) is 2. The van der Waals surface area contributed by atoms with E-state index < -0.39 is 0 Å². The van der Waals surface area contributed by atoms with Gasteiger partial charge in [0.2, 0.25) is 0 Å². The van der Waals surface area contributed by atoms with Crippen molar-refractivity contribution < 1.29 is 19.1 Å². The third-order valence-electron chi connectivity index (χ3n) is 1.45. The molecule has 0 rings (SSSR count). The molecule has 0 aliphatic heterocycles. The monoisotopic (exact) mass is 203 g/mol. The van der Waals surface area contributed by atoms with Gasteiger partial charge >= 0.3 is 5.97 Å². The third kappa shape index (κ3) is 9.15. The molecule has 0 amide bonds. The number of carbonyl (C=O) groups excluding carboxylic acids is 2. The third-order valence-corrected chi connectivity index (χ3v) is 1.45. The Hall–Kier alpha value is -0.940. The highest BCUT2D eigenvalue weighted by molar-refractivity contribution is 5.72. The highest BCUT2D eigenvalue weighted by atomic mass is 16.6. The Morgan fingerprint density at radius 1 is 1.36 bits per heavy atom. The van der Waals surface area contributed by atoms with Gasteiger partial charge in [-0.05, 0) is 7.05 Å². The van der Waals surface area contributed by atoms with Crippen molar-refractivity contribution in [1.82, 2.24) is 5.32 Å². The molecule has 0 radical (unpaired) electrons. The molecule has 0 spiro atoms. The number of hydrogen-bond acceptors (Lipinski definition) is 5. The highest BCUT2D eigenvalue weighted by Gasteiger charge is 2.00. The molecular weight excluding hydrogens is 186 g/mol. The van der Waals surface area contributed by atoms with Crippen LogP contribution in [0.5, 0.6) is 0 Å². The molecule has 0 saturated carbocycles. The lowest BCUT2D eigenvalue weighted by Crippen LogP contribution is -2.17. The second-order valence-electron chi connectivity index (χ2n) is 2.64. The maximum Gasteiger partial charge on any atom is 0.306 e. The van der Waals surface area contributed by atoms with Crippen molar-refractivity contribution in [2.45, 2.75) is 12.8 Å². The summed E-state index contributed by atoms with van der Waals surface area (Å²) in [4.78, 5) is 20.8. The van der Waals surface area contributed by atoms with Gasteiger partial charge in [-0.2, -0.15) is 0 Å². The lowest BCUT2D eigenvalue weighted by Gasteiger charge is -2.04. The largest absolute Gasteiger partial charge is 0.463 e. The summed E-state index contributed by atoms with van der Waals surface area (Å²) in [5.41, 5.74) is 0. The van der Waals surface area contributed by atoms with Gasteiger partial charge in [0.05, 0.1) is 19.6 Å². The predicted octanol–water partition coefficient (Wildman–Crippen LogP) is -0.255. The Balaban J connectivity index is 3.10. The molecule has 0 aliphatic rings. The summed E-state index contributed by atoms with van der Waals surface area (Å²) in [5.74, 6) is -0.352. The van der Waals surface area contributed by atoms with Gasteiger partial charge in [0, 0.05) is 13.0 Å². The lowest BCUT2D eigenvalue weighted by molar-refractivity contribution is -0.145. The molecule has 0 fully saturated rings. The van der Waals surface area contributed by atoms with Crippen LogP contribution in [0, 0.1) is 0 Å². The van der Waals surface area contributed by atoms with E-state index in [0.717, 1.165) is 6.54 Å². The fourth-order valence-corrected chi connectivity index (χ4v) is 0.740. The van der Waals surface area contributed by atoms with E-state index in [4.69, 9.17) is 9.47 Å². The molecule has 14 heavy (non-hydrogen) atoms. The van der Waals surface area contributed by atoms with Gasteiger partial charge in [-0.3, -0.25) is 4.79 Å². The minimum absolute atomic E-state index is 0.153. The van der Waals surface area contributed by atoms with Crippen molar-refractivity contribution >= 4 is 12.3 Å². The predicted molar refractivity (Wildman–Crippen MR) is 51.0 cm³/mol. The molecule has 0 aromatic heterocycles. The van der Waals surface area contributed by atoms with E-state index in [1.54, 1.807) is 0 Å². The van der Waals surface area contributed by atoms with Gasteiger partial charge in [0.15, 0.2) is 0 Å². The molecular formula is C9H17NO4. The van der Waals surface area contributed by atoms with Crippen LogP contribution in [0.1, 0.15) is 12.8 Å². The van der Waals surface area contributed by atoms with Crippen LogP contribution in [0.2, 0.25) is 0 Å².